The summed E-state index contributed by atoms with van der Waals surface area (Å²) in [5.41, 5.74) is 3.53. The smallest absolute Gasteiger partial charge is 0.319 e. The summed E-state index contributed by atoms with van der Waals surface area (Å²) in [5.74, 6) is 0.498. The van der Waals surface area contributed by atoms with Crippen molar-refractivity contribution in [2.24, 2.45) is 0 Å². The first-order chi connectivity index (χ1) is 14.1. The Morgan fingerprint density at radius 1 is 1.00 bits per heavy atom. The van der Waals surface area contributed by atoms with Crippen molar-refractivity contribution >= 4 is 11.7 Å². The van der Waals surface area contributed by atoms with Crippen LogP contribution in [-0.2, 0) is 6.54 Å². The number of nitrogens with one attached hydrogen (secondary N) is 2. The van der Waals surface area contributed by atoms with Crippen LogP contribution in [-0.4, -0.2) is 29.1 Å². The summed E-state index contributed by atoms with van der Waals surface area (Å²) in [6.45, 7) is 5.38. The molecule has 0 saturated carbocycles. The number of urea groups is 1. The van der Waals surface area contributed by atoms with Crippen molar-refractivity contribution in [2.75, 3.05) is 5.32 Å². The molecule has 4 nitrogen and oxygen atoms in total. The average Bonchev–Trinajstić information content (AvgIpc) is 2.69. The quantitative estimate of drug-likeness (QED) is 0.705. The molecule has 0 unspecified atom stereocenters. The molecule has 154 valence electrons. The number of benzene rings is 2. The summed E-state index contributed by atoms with van der Waals surface area (Å²) in [4.78, 5) is 15.2. The van der Waals surface area contributed by atoms with E-state index in [1.54, 1.807) is 0 Å². The van der Waals surface area contributed by atoms with Crippen LogP contribution in [0.15, 0.2) is 54.6 Å². The van der Waals surface area contributed by atoms with Gasteiger partial charge in [-0.25, -0.2) is 4.79 Å². The van der Waals surface area contributed by atoms with Gasteiger partial charge in [-0.15, -0.1) is 0 Å². The van der Waals surface area contributed by atoms with Crippen molar-refractivity contribution < 1.29 is 4.79 Å². The molecule has 4 heteroatoms. The minimum Gasteiger partial charge on any atom is -0.335 e. The fraction of sp³-hybridized carbons (Fsp3) is 0.480. The first kappa shape index (κ1) is 20.0. The van der Waals surface area contributed by atoms with Crippen LogP contribution in [0.2, 0.25) is 0 Å². The number of carbonyl (C=O) groups excluding carboxylic acids is 1. The van der Waals surface area contributed by atoms with Crippen molar-refractivity contribution in [3.05, 3.63) is 65.7 Å². The molecule has 2 saturated heterocycles. The number of hydrogen-bond donors (Lipinski definition) is 2. The lowest BCUT2D eigenvalue weighted by Crippen LogP contribution is -2.56. The summed E-state index contributed by atoms with van der Waals surface area (Å²) in [6.07, 6.45) is 5.87. The maximum Gasteiger partial charge on any atom is 0.319 e. The van der Waals surface area contributed by atoms with Gasteiger partial charge < -0.3 is 10.6 Å². The third-order valence-electron chi connectivity index (χ3n) is 6.50. The predicted molar refractivity (Wildman–Crippen MR) is 119 cm³/mol. The molecular formula is C25H33N3O. The number of carbonyl (C=O) groups is 1. The minimum atomic E-state index is -0.0816. The highest BCUT2D eigenvalue weighted by Crippen LogP contribution is 2.35. The maximum absolute atomic E-state index is 12.6. The molecule has 0 aromatic heterocycles. The van der Waals surface area contributed by atoms with E-state index < -0.39 is 0 Å². The monoisotopic (exact) mass is 391 g/mol. The Kier molecular flexibility index (Phi) is 6.19. The Hall–Kier alpha value is -2.33. The highest BCUT2D eigenvalue weighted by molar-refractivity contribution is 5.89. The number of nitrogens with zero attached hydrogens (tertiary/aromatic N) is 1. The van der Waals surface area contributed by atoms with Crippen molar-refractivity contribution in [1.29, 1.82) is 0 Å². The van der Waals surface area contributed by atoms with E-state index in [0.717, 1.165) is 25.1 Å². The SMILES string of the molecule is CC(C)c1ccc(NC(=O)NC2C[C@@H]3CCC[C@@H](C2)N3Cc2ccccc2)cc1. The molecule has 2 aromatic rings. The van der Waals surface area contributed by atoms with Gasteiger partial charge in [0.25, 0.3) is 0 Å². The van der Waals surface area contributed by atoms with Gasteiger partial charge in [-0.1, -0.05) is 62.7 Å². The fourth-order valence-electron chi connectivity index (χ4n) is 4.95. The summed E-state index contributed by atoms with van der Waals surface area (Å²) in [6, 6.07) is 20.2. The van der Waals surface area contributed by atoms with E-state index >= 15 is 0 Å². The highest BCUT2D eigenvalue weighted by atomic mass is 16.2. The number of hydrogen-bond acceptors (Lipinski definition) is 2. The highest BCUT2D eigenvalue weighted by Gasteiger charge is 2.38. The van der Waals surface area contributed by atoms with Crippen LogP contribution in [0, 0.1) is 0 Å². The average molecular weight is 392 g/mol. The van der Waals surface area contributed by atoms with Crippen LogP contribution < -0.4 is 10.6 Å². The van der Waals surface area contributed by atoms with Gasteiger partial charge in [0, 0.05) is 30.4 Å². The molecular weight excluding hydrogens is 358 g/mol. The van der Waals surface area contributed by atoms with Crippen LogP contribution in [0.5, 0.6) is 0 Å². The van der Waals surface area contributed by atoms with Gasteiger partial charge in [-0.05, 0) is 54.9 Å². The molecule has 0 radical (unpaired) electrons. The number of fused-ring (bicyclic) bond motifs is 2. The van der Waals surface area contributed by atoms with Crippen LogP contribution >= 0.6 is 0 Å². The van der Waals surface area contributed by atoms with Gasteiger partial charge in [-0.2, -0.15) is 0 Å². The van der Waals surface area contributed by atoms with E-state index in [0.29, 0.717) is 18.0 Å². The Morgan fingerprint density at radius 2 is 1.66 bits per heavy atom. The number of piperidine rings is 2. The normalized spacial score (nSPS) is 24.3. The second-order valence-corrected chi connectivity index (χ2v) is 8.94. The van der Waals surface area contributed by atoms with Crippen LogP contribution in [0.3, 0.4) is 0 Å². The zero-order valence-corrected chi connectivity index (χ0v) is 17.6. The molecule has 2 aromatic carbocycles. The minimum absolute atomic E-state index is 0.0816. The van der Waals surface area contributed by atoms with E-state index in [-0.39, 0.29) is 12.1 Å². The van der Waals surface area contributed by atoms with Crippen LogP contribution in [0.4, 0.5) is 10.5 Å². The molecule has 29 heavy (non-hydrogen) atoms. The number of rotatable bonds is 5. The van der Waals surface area contributed by atoms with E-state index in [1.165, 1.54) is 30.4 Å². The molecule has 2 atom stereocenters. The Bertz CT molecular complexity index is 789. The number of amides is 2. The maximum atomic E-state index is 12.6. The summed E-state index contributed by atoms with van der Waals surface area (Å²) < 4.78 is 0. The lowest BCUT2D eigenvalue weighted by atomic mass is 9.81. The van der Waals surface area contributed by atoms with Gasteiger partial charge in [0.2, 0.25) is 0 Å². The van der Waals surface area contributed by atoms with Gasteiger partial charge in [0.1, 0.15) is 0 Å². The predicted octanol–water partition coefficient (Wildman–Crippen LogP) is 5.52. The molecule has 2 amide bonds. The third-order valence-corrected chi connectivity index (χ3v) is 6.50. The zero-order chi connectivity index (χ0) is 20.2. The third kappa shape index (κ3) is 4.99. The number of anilines is 1. The second-order valence-electron chi connectivity index (χ2n) is 8.94. The van der Waals surface area contributed by atoms with Crippen LogP contribution in [0.25, 0.3) is 0 Å². The molecule has 0 spiro atoms. The van der Waals surface area contributed by atoms with Gasteiger partial charge in [-0.3, -0.25) is 4.90 Å². The first-order valence-electron chi connectivity index (χ1n) is 11.1. The first-order valence-corrected chi connectivity index (χ1v) is 11.1. The van der Waals surface area contributed by atoms with E-state index in [9.17, 15) is 4.79 Å². The zero-order valence-electron chi connectivity index (χ0n) is 17.6. The molecule has 2 bridgehead atoms. The standard InChI is InChI=1S/C25H33N3O/c1-18(2)20-11-13-21(14-12-20)26-25(29)27-22-15-23-9-6-10-24(16-22)28(23)17-19-7-4-3-5-8-19/h3-5,7-8,11-14,18,22-24H,6,9-10,15-17H2,1-2H3,(H2,26,27,29)/t23-,24-/m0/s1. The summed E-state index contributed by atoms with van der Waals surface area (Å²) in [7, 11) is 0. The van der Waals surface area contributed by atoms with Crippen molar-refractivity contribution in [3.8, 4) is 0 Å². The fourth-order valence-corrected chi connectivity index (χ4v) is 4.95. The lowest BCUT2D eigenvalue weighted by molar-refractivity contribution is 0.0200. The van der Waals surface area contributed by atoms with Crippen molar-refractivity contribution in [3.63, 3.8) is 0 Å². The van der Waals surface area contributed by atoms with Crippen molar-refractivity contribution in [2.45, 2.75) is 76.5 Å². The van der Waals surface area contributed by atoms with E-state index in [2.05, 4.69) is 71.8 Å². The van der Waals surface area contributed by atoms with Crippen molar-refractivity contribution in [1.82, 2.24) is 10.2 Å². The molecule has 2 aliphatic heterocycles. The molecule has 2 fully saturated rings. The molecule has 2 N–H and O–H groups in total. The Labute approximate surface area is 174 Å². The molecule has 4 rings (SSSR count). The van der Waals surface area contributed by atoms with Gasteiger partial charge >= 0.3 is 6.03 Å². The summed E-state index contributed by atoms with van der Waals surface area (Å²) in [5, 5.41) is 6.25. The Morgan fingerprint density at radius 3 is 2.28 bits per heavy atom. The van der Waals surface area contributed by atoms with E-state index in [4.69, 9.17) is 0 Å². The van der Waals surface area contributed by atoms with E-state index in [1.807, 2.05) is 12.1 Å². The van der Waals surface area contributed by atoms with Gasteiger partial charge in [0.05, 0.1) is 0 Å². The molecule has 2 heterocycles. The second kappa shape index (κ2) is 9.00. The largest absolute Gasteiger partial charge is 0.335 e. The van der Waals surface area contributed by atoms with Gasteiger partial charge in [0.15, 0.2) is 0 Å². The Balaban J connectivity index is 1.33. The molecule has 0 aliphatic carbocycles. The summed E-state index contributed by atoms with van der Waals surface area (Å²) >= 11 is 0. The lowest BCUT2D eigenvalue weighted by Gasteiger charge is -2.49. The topological polar surface area (TPSA) is 44.4 Å². The van der Waals surface area contributed by atoms with Crippen LogP contribution in [0.1, 0.15) is 63.0 Å². The molecule has 2 aliphatic rings.